The summed E-state index contributed by atoms with van der Waals surface area (Å²) >= 11 is 1.73. The van der Waals surface area contributed by atoms with Crippen molar-refractivity contribution in [3.05, 3.63) is 17.3 Å². The molecule has 1 aliphatic heterocycles. The van der Waals surface area contributed by atoms with Crippen LogP contribution in [0.25, 0.3) is 10.2 Å². The van der Waals surface area contributed by atoms with Crippen LogP contribution in [0.15, 0.2) is 12.4 Å². The van der Waals surface area contributed by atoms with Gasteiger partial charge in [-0.05, 0) is 31.9 Å². The Kier molecular flexibility index (Phi) is 3.43. The number of aryl methyl sites for hydroxylation is 1. The molecule has 0 bridgehead atoms. The molecule has 1 atom stereocenters. The van der Waals surface area contributed by atoms with Gasteiger partial charge in [0.15, 0.2) is 0 Å². The summed E-state index contributed by atoms with van der Waals surface area (Å²) in [5.74, 6) is 0.740. The third-order valence-corrected chi connectivity index (χ3v) is 4.41. The van der Waals surface area contributed by atoms with E-state index in [-0.39, 0.29) is 6.10 Å². The first kappa shape index (κ1) is 11.9. The van der Waals surface area contributed by atoms with Crippen molar-refractivity contribution in [1.29, 1.82) is 0 Å². The maximum atomic E-state index is 6.02. The first-order valence-corrected chi connectivity index (χ1v) is 7.29. The van der Waals surface area contributed by atoms with E-state index in [1.54, 1.807) is 17.7 Å². The van der Waals surface area contributed by atoms with E-state index in [4.69, 9.17) is 4.74 Å². The van der Waals surface area contributed by atoms with Crippen LogP contribution in [0.3, 0.4) is 0 Å². The van der Waals surface area contributed by atoms with E-state index in [9.17, 15) is 0 Å². The van der Waals surface area contributed by atoms with Crippen molar-refractivity contribution in [2.75, 3.05) is 13.1 Å². The summed E-state index contributed by atoms with van der Waals surface area (Å²) < 4.78 is 6.02. The maximum absolute atomic E-state index is 6.02. The largest absolute Gasteiger partial charge is 0.472 e. The topological polar surface area (TPSA) is 47.0 Å². The number of fused-ring (bicyclic) bond motifs is 1. The molecule has 4 nitrogen and oxygen atoms in total. The lowest BCUT2D eigenvalue weighted by Gasteiger charge is -2.23. The average Bonchev–Trinajstić information content (AvgIpc) is 2.84. The van der Waals surface area contributed by atoms with E-state index >= 15 is 0 Å². The van der Waals surface area contributed by atoms with Gasteiger partial charge in [-0.3, -0.25) is 0 Å². The molecule has 1 aliphatic rings. The van der Waals surface area contributed by atoms with Crippen molar-refractivity contribution < 1.29 is 4.74 Å². The second-order valence-corrected chi connectivity index (χ2v) is 5.67. The van der Waals surface area contributed by atoms with Gasteiger partial charge in [0, 0.05) is 11.4 Å². The molecule has 0 spiro atoms. The number of rotatable bonds is 3. The molecule has 0 aromatic carbocycles. The quantitative estimate of drug-likeness (QED) is 0.923. The number of aromatic nitrogens is 2. The average molecular weight is 263 g/mol. The van der Waals surface area contributed by atoms with Crippen LogP contribution in [0, 0.1) is 0 Å². The highest BCUT2D eigenvalue weighted by atomic mass is 32.1. The van der Waals surface area contributed by atoms with Gasteiger partial charge in [-0.1, -0.05) is 6.92 Å². The summed E-state index contributed by atoms with van der Waals surface area (Å²) in [5, 5.41) is 4.41. The molecule has 2 aromatic rings. The van der Waals surface area contributed by atoms with E-state index in [1.165, 1.54) is 11.3 Å². The van der Waals surface area contributed by atoms with Gasteiger partial charge in [-0.25, -0.2) is 9.97 Å². The van der Waals surface area contributed by atoms with Crippen LogP contribution in [0.4, 0.5) is 0 Å². The molecular formula is C13H17N3OS. The lowest BCUT2D eigenvalue weighted by molar-refractivity contribution is 0.162. The van der Waals surface area contributed by atoms with Crippen LogP contribution in [0.1, 0.15) is 24.6 Å². The summed E-state index contributed by atoms with van der Waals surface area (Å²) in [5.41, 5.74) is 0. The van der Waals surface area contributed by atoms with E-state index in [0.29, 0.717) is 0 Å². The first-order valence-electron chi connectivity index (χ1n) is 6.47. The van der Waals surface area contributed by atoms with Crippen LogP contribution in [0.5, 0.6) is 5.88 Å². The van der Waals surface area contributed by atoms with Gasteiger partial charge < -0.3 is 10.1 Å². The van der Waals surface area contributed by atoms with Crippen LogP contribution in [0.2, 0.25) is 0 Å². The third kappa shape index (κ3) is 2.33. The highest BCUT2D eigenvalue weighted by Gasteiger charge is 2.17. The smallest absolute Gasteiger partial charge is 0.225 e. The Hall–Kier alpha value is -1.20. The lowest BCUT2D eigenvalue weighted by Crippen LogP contribution is -2.37. The Bertz CT molecular complexity index is 534. The fraction of sp³-hybridized carbons (Fsp3) is 0.538. The predicted octanol–water partition coefficient (Wildman–Crippen LogP) is 2.38. The van der Waals surface area contributed by atoms with Gasteiger partial charge in [0.2, 0.25) is 5.88 Å². The molecule has 1 saturated heterocycles. The normalized spacial score (nSPS) is 20.2. The van der Waals surface area contributed by atoms with Gasteiger partial charge >= 0.3 is 0 Å². The summed E-state index contributed by atoms with van der Waals surface area (Å²) in [6.45, 7) is 4.16. The van der Waals surface area contributed by atoms with Crippen LogP contribution >= 0.6 is 11.3 Å². The molecule has 1 fully saturated rings. The zero-order valence-corrected chi connectivity index (χ0v) is 11.3. The van der Waals surface area contributed by atoms with Gasteiger partial charge in [-0.2, -0.15) is 0 Å². The summed E-state index contributed by atoms with van der Waals surface area (Å²) in [7, 11) is 0. The second kappa shape index (κ2) is 5.20. The minimum absolute atomic E-state index is 0.238. The molecule has 0 saturated carbocycles. The SMILES string of the molecule is CCc1cc2c(O[C@H]3CCCNC3)ncnc2s1. The number of nitrogens with one attached hydrogen (secondary N) is 1. The van der Waals surface area contributed by atoms with Crippen molar-refractivity contribution in [3.8, 4) is 5.88 Å². The Morgan fingerprint density at radius 1 is 1.50 bits per heavy atom. The van der Waals surface area contributed by atoms with Gasteiger partial charge in [0.05, 0.1) is 5.39 Å². The third-order valence-electron chi connectivity index (χ3n) is 3.22. The standard InChI is InChI=1S/C13H17N3OS/c1-2-10-6-11-12(15-8-16-13(11)18-10)17-9-4-3-5-14-7-9/h6,8-9,14H,2-5,7H2,1H3/t9-/m0/s1. The minimum Gasteiger partial charge on any atom is -0.472 e. The van der Waals surface area contributed by atoms with Crippen molar-refractivity contribution in [2.45, 2.75) is 32.3 Å². The molecule has 0 unspecified atom stereocenters. The van der Waals surface area contributed by atoms with Gasteiger partial charge in [0.1, 0.15) is 17.3 Å². The number of thiophene rings is 1. The molecule has 18 heavy (non-hydrogen) atoms. The zero-order valence-electron chi connectivity index (χ0n) is 10.5. The van der Waals surface area contributed by atoms with Crippen LogP contribution in [-0.2, 0) is 6.42 Å². The zero-order chi connectivity index (χ0) is 12.4. The van der Waals surface area contributed by atoms with E-state index in [2.05, 4.69) is 28.3 Å². The van der Waals surface area contributed by atoms with Crippen molar-refractivity contribution in [1.82, 2.24) is 15.3 Å². The lowest BCUT2D eigenvalue weighted by atomic mass is 10.1. The number of hydrogen-bond acceptors (Lipinski definition) is 5. The molecule has 2 aromatic heterocycles. The molecule has 0 radical (unpaired) electrons. The number of nitrogens with zero attached hydrogens (tertiary/aromatic N) is 2. The number of piperidine rings is 1. The highest BCUT2D eigenvalue weighted by Crippen LogP contribution is 2.30. The van der Waals surface area contributed by atoms with E-state index in [1.807, 2.05) is 0 Å². The van der Waals surface area contributed by atoms with Crippen molar-refractivity contribution in [2.24, 2.45) is 0 Å². The molecule has 3 rings (SSSR count). The Morgan fingerprint density at radius 3 is 3.22 bits per heavy atom. The fourth-order valence-corrected chi connectivity index (χ4v) is 3.16. The van der Waals surface area contributed by atoms with Crippen molar-refractivity contribution >= 4 is 21.6 Å². The summed E-state index contributed by atoms with van der Waals surface area (Å²) in [6, 6.07) is 2.16. The molecule has 0 amide bonds. The van der Waals surface area contributed by atoms with E-state index in [0.717, 1.165) is 42.0 Å². The molecule has 1 N–H and O–H groups in total. The van der Waals surface area contributed by atoms with Gasteiger partial charge in [-0.15, -0.1) is 11.3 Å². The Morgan fingerprint density at radius 2 is 2.44 bits per heavy atom. The second-order valence-electron chi connectivity index (χ2n) is 4.55. The fourth-order valence-electron chi connectivity index (χ4n) is 2.23. The first-order chi connectivity index (χ1) is 8.86. The Balaban J connectivity index is 1.88. The molecular weight excluding hydrogens is 246 g/mol. The summed E-state index contributed by atoms with van der Waals surface area (Å²) in [4.78, 5) is 11.0. The van der Waals surface area contributed by atoms with Crippen LogP contribution in [-0.4, -0.2) is 29.2 Å². The number of ether oxygens (including phenoxy) is 1. The summed E-state index contributed by atoms with van der Waals surface area (Å²) in [6.07, 6.45) is 5.14. The molecule has 96 valence electrons. The predicted molar refractivity (Wildman–Crippen MR) is 73.3 cm³/mol. The minimum atomic E-state index is 0.238. The Labute approximate surface area is 110 Å². The van der Waals surface area contributed by atoms with Crippen molar-refractivity contribution in [3.63, 3.8) is 0 Å². The molecule has 5 heteroatoms. The maximum Gasteiger partial charge on any atom is 0.225 e. The van der Waals surface area contributed by atoms with Crippen LogP contribution < -0.4 is 10.1 Å². The monoisotopic (exact) mass is 263 g/mol. The number of hydrogen-bond donors (Lipinski definition) is 1. The highest BCUT2D eigenvalue weighted by molar-refractivity contribution is 7.18. The van der Waals surface area contributed by atoms with Gasteiger partial charge in [0.25, 0.3) is 0 Å². The molecule has 0 aliphatic carbocycles. The van der Waals surface area contributed by atoms with E-state index < -0.39 is 0 Å². The molecule has 3 heterocycles.